The summed E-state index contributed by atoms with van der Waals surface area (Å²) in [7, 11) is 0. The van der Waals surface area contributed by atoms with Crippen LogP contribution in [0.5, 0.6) is 0 Å². The summed E-state index contributed by atoms with van der Waals surface area (Å²) in [5, 5.41) is 9.43. The summed E-state index contributed by atoms with van der Waals surface area (Å²) in [4.78, 5) is 10.6. The van der Waals surface area contributed by atoms with Gasteiger partial charge in [0.1, 0.15) is 17.5 Å². The molecule has 6 nitrogen and oxygen atoms in total. The Bertz CT molecular complexity index is 729. The molecule has 126 valence electrons. The molecule has 2 aromatic rings. The average Bonchev–Trinajstić information content (AvgIpc) is 2.55. The van der Waals surface area contributed by atoms with Crippen LogP contribution in [0, 0.1) is 11.3 Å². The molecule has 0 bridgehead atoms. The fourth-order valence-electron chi connectivity index (χ4n) is 2.83. The lowest BCUT2D eigenvalue weighted by Crippen LogP contribution is -2.25. The van der Waals surface area contributed by atoms with Crippen LogP contribution in [0.3, 0.4) is 0 Å². The Balaban J connectivity index is 2.48. The van der Waals surface area contributed by atoms with Gasteiger partial charge in [-0.15, -0.1) is 0 Å². The zero-order valence-corrected chi connectivity index (χ0v) is 14.3. The highest BCUT2D eigenvalue weighted by Crippen LogP contribution is 2.29. The molecule has 1 aromatic heterocycles. The van der Waals surface area contributed by atoms with E-state index in [-0.39, 0.29) is 17.3 Å². The van der Waals surface area contributed by atoms with Crippen LogP contribution in [0.1, 0.15) is 37.8 Å². The van der Waals surface area contributed by atoms with Crippen LogP contribution in [0.15, 0.2) is 24.3 Å². The largest absolute Gasteiger partial charge is 0.382 e. The number of anilines is 2. The summed E-state index contributed by atoms with van der Waals surface area (Å²) in [6.45, 7) is 7.21. The summed E-state index contributed by atoms with van der Waals surface area (Å²) >= 11 is 0. The van der Waals surface area contributed by atoms with Crippen molar-refractivity contribution < 1.29 is 0 Å². The predicted octanol–water partition coefficient (Wildman–Crippen LogP) is 2.80. The molecule has 0 amide bonds. The lowest BCUT2D eigenvalue weighted by Gasteiger charge is -2.22. The van der Waals surface area contributed by atoms with E-state index in [2.05, 4.69) is 40.9 Å². The van der Waals surface area contributed by atoms with Gasteiger partial charge in [-0.3, -0.25) is 4.90 Å². The number of benzene rings is 1. The first-order chi connectivity index (χ1) is 11.6. The molecule has 0 unspecified atom stereocenters. The molecule has 0 radical (unpaired) electrons. The van der Waals surface area contributed by atoms with Crippen molar-refractivity contribution in [1.82, 2.24) is 14.9 Å². The number of nitrogens with two attached hydrogens (primary N) is 2. The SMILES string of the molecule is CCCN(CCC)Cc1ccccc1-c1nc(N)nc(N)c1C#N. The maximum atomic E-state index is 9.43. The van der Waals surface area contributed by atoms with Crippen molar-refractivity contribution in [2.75, 3.05) is 24.6 Å². The minimum absolute atomic E-state index is 0.0790. The van der Waals surface area contributed by atoms with Gasteiger partial charge in [-0.25, -0.2) is 4.98 Å². The van der Waals surface area contributed by atoms with Crippen LogP contribution < -0.4 is 11.5 Å². The third kappa shape index (κ3) is 4.00. The van der Waals surface area contributed by atoms with Gasteiger partial charge in [0.05, 0.1) is 5.69 Å². The van der Waals surface area contributed by atoms with Gasteiger partial charge in [0.25, 0.3) is 0 Å². The molecule has 24 heavy (non-hydrogen) atoms. The van der Waals surface area contributed by atoms with Crippen LogP contribution >= 0.6 is 0 Å². The minimum atomic E-state index is 0.0790. The lowest BCUT2D eigenvalue weighted by molar-refractivity contribution is 0.267. The molecule has 0 aliphatic rings. The molecule has 1 heterocycles. The second-order valence-corrected chi connectivity index (χ2v) is 5.74. The van der Waals surface area contributed by atoms with E-state index in [1.807, 2.05) is 18.2 Å². The van der Waals surface area contributed by atoms with Crippen LogP contribution in [0.4, 0.5) is 11.8 Å². The fourth-order valence-corrected chi connectivity index (χ4v) is 2.83. The zero-order chi connectivity index (χ0) is 17.5. The number of rotatable bonds is 7. The fraction of sp³-hybridized carbons (Fsp3) is 0.389. The highest BCUT2D eigenvalue weighted by Gasteiger charge is 2.17. The molecule has 0 spiro atoms. The van der Waals surface area contributed by atoms with E-state index in [1.165, 1.54) is 0 Å². The Morgan fingerprint density at radius 1 is 1.08 bits per heavy atom. The summed E-state index contributed by atoms with van der Waals surface area (Å²) in [6.07, 6.45) is 2.19. The molecule has 0 aliphatic carbocycles. The topological polar surface area (TPSA) is 105 Å². The van der Waals surface area contributed by atoms with Crippen molar-refractivity contribution in [3.05, 3.63) is 35.4 Å². The van der Waals surface area contributed by atoms with Crippen LogP contribution in [0.2, 0.25) is 0 Å². The maximum Gasteiger partial charge on any atom is 0.222 e. The van der Waals surface area contributed by atoms with Gasteiger partial charge in [-0.1, -0.05) is 38.1 Å². The van der Waals surface area contributed by atoms with Gasteiger partial charge in [0, 0.05) is 12.1 Å². The third-order valence-electron chi connectivity index (χ3n) is 3.81. The van der Waals surface area contributed by atoms with Crippen molar-refractivity contribution >= 4 is 11.8 Å². The summed E-state index contributed by atoms with van der Waals surface area (Å²) in [5.41, 5.74) is 14.4. The van der Waals surface area contributed by atoms with Gasteiger partial charge in [-0.2, -0.15) is 10.2 Å². The Hall–Kier alpha value is -2.65. The Kier molecular flexibility index (Phi) is 6.10. The minimum Gasteiger partial charge on any atom is -0.382 e. The molecule has 1 aromatic carbocycles. The first kappa shape index (κ1) is 17.7. The first-order valence-corrected chi connectivity index (χ1v) is 8.24. The molecule has 0 atom stereocenters. The van der Waals surface area contributed by atoms with E-state index < -0.39 is 0 Å². The van der Waals surface area contributed by atoms with E-state index in [0.29, 0.717) is 5.69 Å². The van der Waals surface area contributed by atoms with E-state index >= 15 is 0 Å². The number of aromatic nitrogens is 2. The molecule has 0 saturated carbocycles. The van der Waals surface area contributed by atoms with E-state index in [1.54, 1.807) is 0 Å². The van der Waals surface area contributed by atoms with Crippen molar-refractivity contribution in [2.45, 2.75) is 33.2 Å². The number of nitriles is 1. The van der Waals surface area contributed by atoms with Crippen LogP contribution in [-0.4, -0.2) is 28.0 Å². The molecule has 6 heteroatoms. The molecule has 2 rings (SSSR count). The molecular formula is C18H24N6. The van der Waals surface area contributed by atoms with Gasteiger partial charge >= 0.3 is 0 Å². The highest BCUT2D eigenvalue weighted by molar-refractivity contribution is 5.75. The average molecular weight is 324 g/mol. The Morgan fingerprint density at radius 2 is 1.75 bits per heavy atom. The molecule has 0 fully saturated rings. The summed E-state index contributed by atoms with van der Waals surface area (Å²) < 4.78 is 0. The maximum absolute atomic E-state index is 9.43. The molecule has 0 saturated heterocycles. The number of nitrogen functional groups attached to an aromatic ring is 2. The van der Waals surface area contributed by atoms with Gasteiger partial charge in [0.15, 0.2) is 0 Å². The van der Waals surface area contributed by atoms with Gasteiger partial charge in [0.2, 0.25) is 5.95 Å². The normalized spacial score (nSPS) is 10.8. The van der Waals surface area contributed by atoms with E-state index in [4.69, 9.17) is 11.5 Å². The first-order valence-electron chi connectivity index (χ1n) is 8.24. The smallest absolute Gasteiger partial charge is 0.222 e. The number of hydrogen-bond acceptors (Lipinski definition) is 6. The van der Waals surface area contributed by atoms with E-state index in [9.17, 15) is 5.26 Å². The van der Waals surface area contributed by atoms with Crippen LogP contribution in [-0.2, 0) is 6.54 Å². The van der Waals surface area contributed by atoms with Crippen molar-refractivity contribution in [1.29, 1.82) is 5.26 Å². The quantitative estimate of drug-likeness (QED) is 0.811. The van der Waals surface area contributed by atoms with Gasteiger partial charge < -0.3 is 11.5 Å². The lowest BCUT2D eigenvalue weighted by atomic mass is 10.0. The number of nitrogens with zero attached hydrogens (tertiary/aromatic N) is 4. The highest BCUT2D eigenvalue weighted by atomic mass is 15.1. The molecule has 4 N–H and O–H groups in total. The predicted molar refractivity (Wildman–Crippen MR) is 96.9 cm³/mol. The Labute approximate surface area is 143 Å². The van der Waals surface area contributed by atoms with E-state index in [0.717, 1.165) is 43.6 Å². The summed E-state index contributed by atoms with van der Waals surface area (Å²) in [6, 6.07) is 10.0. The monoisotopic (exact) mass is 324 g/mol. The second kappa shape index (κ2) is 8.27. The standard InChI is InChI=1S/C18H24N6/c1-3-9-24(10-4-2)12-13-7-5-6-8-14(13)16-15(11-19)17(20)23-18(21)22-16/h5-8H,3-4,9-10,12H2,1-2H3,(H4,20,21,22,23). The third-order valence-corrected chi connectivity index (χ3v) is 3.81. The van der Waals surface area contributed by atoms with Crippen molar-refractivity contribution in [3.8, 4) is 17.3 Å². The van der Waals surface area contributed by atoms with Crippen LogP contribution in [0.25, 0.3) is 11.3 Å². The Morgan fingerprint density at radius 3 is 2.38 bits per heavy atom. The second-order valence-electron chi connectivity index (χ2n) is 5.74. The number of hydrogen-bond donors (Lipinski definition) is 2. The summed E-state index contributed by atoms with van der Waals surface area (Å²) in [5.74, 6) is 0.198. The molecule has 0 aliphatic heterocycles. The molecular weight excluding hydrogens is 300 g/mol. The zero-order valence-electron chi connectivity index (χ0n) is 14.3. The van der Waals surface area contributed by atoms with Crippen molar-refractivity contribution in [3.63, 3.8) is 0 Å². The van der Waals surface area contributed by atoms with Crippen molar-refractivity contribution in [2.24, 2.45) is 0 Å². The van der Waals surface area contributed by atoms with Gasteiger partial charge in [-0.05, 0) is 31.5 Å².